The fourth-order valence-corrected chi connectivity index (χ4v) is 2.13. The maximum atomic E-state index is 4.03. The van der Waals surface area contributed by atoms with Gasteiger partial charge in [0.1, 0.15) is 0 Å². The van der Waals surface area contributed by atoms with E-state index in [1.807, 2.05) is 0 Å². The van der Waals surface area contributed by atoms with Gasteiger partial charge in [0.15, 0.2) is 0 Å². The molecule has 0 N–H and O–H groups in total. The minimum Gasteiger partial charge on any atom is -0.305 e. The summed E-state index contributed by atoms with van der Waals surface area (Å²) in [6.45, 7) is 2.51. The van der Waals surface area contributed by atoms with Crippen LogP contribution in [0.2, 0.25) is 0 Å². The van der Waals surface area contributed by atoms with Crippen molar-refractivity contribution in [2.45, 2.75) is 0 Å². The molecule has 48 valence electrons. The van der Waals surface area contributed by atoms with Gasteiger partial charge in [0.2, 0.25) is 0 Å². The van der Waals surface area contributed by atoms with Crippen LogP contribution in [0.15, 0.2) is 0 Å². The fourth-order valence-electron chi connectivity index (χ4n) is 0.784. The number of nitrogens with zero attached hydrogens (tertiary/aromatic N) is 1. The maximum absolute atomic E-state index is 4.03. The average molecular weight is 131 g/mol. The summed E-state index contributed by atoms with van der Waals surface area (Å²) < 4.78 is 0. The summed E-state index contributed by atoms with van der Waals surface area (Å²) in [6.07, 6.45) is 0. The zero-order valence-electron chi connectivity index (χ0n) is 5.39. The topological polar surface area (TPSA) is 3.24 Å². The van der Waals surface area contributed by atoms with E-state index in [2.05, 4.69) is 17.8 Å². The molecule has 0 unspecified atom stereocenters. The van der Waals surface area contributed by atoms with Crippen molar-refractivity contribution in [1.29, 1.82) is 0 Å². The predicted molar refractivity (Wildman–Crippen MR) is 41.9 cm³/mol. The van der Waals surface area contributed by atoms with Crippen LogP contribution in [0.5, 0.6) is 0 Å². The molecular weight excluding hydrogens is 118 g/mol. The first-order valence-corrected chi connectivity index (χ1v) is 4.68. The third kappa shape index (κ3) is 1.60. The summed E-state index contributed by atoms with van der Waals surface area (Å²) in [6, 6.07) is 0. The Bertz CT molecular complexity index is 90.7. The Morgan fingerprint density at radius 1 is 1.38 bits per heavy atom. The van der Waals surface area contributed by atoms with Crippen LogP contribution in [0.4, 0.5) is 0 Å². The Balaban J connectivity index is 2.29. The van der Waals surface area contributed by atoms with Crippen molar-refractivity contribution < 1.29 is 0 Å². The fraction of sp³-hybridized carbons (Fsp3) is 0.833. The maximum Gasteiger partial charge on any atom is 0.00649 e. The molecule has 0 amide bonds. The van der Waals surface area contributed by atoms with Gasteiger partial charge in [0, 0.05) is 24.6 Å². The lowest BCUT2D eigenvalue weighted by atomic mass is 10.6. The molecule has 0 aliphatic carbocycles. The molecule has 1 rings (SSSR count). The molecule has 1 fully saturated rings. The number of hydrogen-bond donors (Lipinski definition) is 0. The summed E-state index contributed by atoms with van der Waals surface area (Å²) in [4.78, 5) is 2.37. The van der Waals surface area contributed by atoms with Crippen LogP contribution in [0.1, 0.15) is 0 Å². The van der Waals surface area contributed by atoms with Crippen LogP contribution >= 0.6 is 10.5 Å². The van der Waals surface area contributed by atoms with E-state index < -0.39 is 0 Å². The van der Waals surface area contributed by atoms with Gasteiger partial charge >= 0.3 is 0 Å². The first-order chi connectivity index (χ1) is 3.79. The average Bonchev–Trinajstić information content (AvgIpc) is 1.77. The molecule has 8 heavy (non-hydrogen) atoms. The van der Waals surface area contributed by atoms with Gasteiger partial charge in [-0.2, -0.15) is 10.5 Å². The minimum atomic E-state index is 0.497. The van der Waals surface area contributed by atoms with Crippen LogP contribution in [0, 0.1) is 0 Å². The molecule has 0 radical (unpaired) electrons. The Morgan fingerprint density at radius 2 is 1.88 bits per heavy atom. The van der Waals surface area contributed by atoms with Crippen molar-refractivity contribution in [3.63, 3.8) is 0 Å². The zero-order chi connectivity index (χ0) is 5.98. The Labute approximate surface area is 53.6 Å². The third-order valence-electron chi connectivity index (χ3n) is 1.52. The molecule has 1 aliphatic heterocycles. The second-order valence-corrected chi connectivity index (χ2v) is 4.37. The molecule has 0 aromatic carbocycles. The lowest BCUT2D eigenvalue weighted by molar-refractivity contribution is 0.371. The molecule has 0 bridgehead atoms. The van der Waals surface area contributed by atoms with Gasteiger partial charge in [-0.25, -0.2) is 0 Å². The van der Waals surface area contributed by atoms with E-state index in [1.54, 1.807) is 0 Å². The molecule has 0 aromatic heterocycles. The highest BCUT2D eigenvalue weighted by Gasteiger charge is 2.05. The van der Waals surface area contributed by atoms with Crippen LogP contribution in [0.3, 0.4) is 0 Å². The summed E-state index contributed by atoms with van der Waals surface area (Å²) in [5.41, 5.74) is 0. The van der Waals surface area contributed by atoms with E-state index in [0.717, 1.165) is 0 Å². The Kier molecular flexibility index (Phi) is 2.08. The standard InChI is InChI=1S/C6H13NS/c1-7-3-5-8(2)6-4-7/h2-6H2,1H3. The number of rotatable bonds is 0. The summed E-state index contributed by atoms with van der Waals surface area (Å²) in [5, 5.41) is 0. The minimum absolute atomic E-state index is 0.497. The summed E-state index contributed by atoms with van der Waals surface area (Å²) in [5.74, 6) is 6.66. The third-order valence-corrected chi connectivity index (χ3v) is 3.04. The molecule has 0 spiro atoms. The van der Waals surface area contributed by atoms with Crippen molar-refractivity contribution in [3.05, 3.63) is 0 Å². The van der Waals surface area contributed by atoms with Crippen molar-refractivity contribution in [2.24, 2.45) is 0 Å². The molecule has 0 atom stereocenters. The van der Waals surface area contributed by atoms with Crippen molar-refractivity contribution in [3.8, 4) is 0 Å². The van der Waals surface area contributed by atoms with Crippen molar-refractivity contribution >= 4 is 16.4 Å². The summed E-state index contributed by atoms with van der Waals surface area (Å²) in [7, 11) is 2.67. The lowest BCUT2D eigenvalue weighted by Gasteiger charge is -2.23. The van der Waals surface area contributed by atoms with E-state index in [-0.39, 0.29) is 0 Å². The van der Waals surface area contributed by atoms with Crippen LogP contribution in [-0.2, 0) is 0 Å². The van der Waals surface area contributed by atoms with Gasteiger partial charge in [0.05, 0.1) is 0 Å². The molecule has 1 saturated heterocycles. The molecule has 0 saturated carbocycles. The number of hydrogen-bond acceptors (Lipinski definition) is 1. The first-order valence-electron chi connectivity index (χ1n) is 2.95. The lowest BCUT2D eigenvalue weighted by Crippen LogP contribution is -2.29. The van der Waals surface area contributed by atoms with Crippen LogP contribution < -0.4 is 0 Å². The van der Waals surface area contributed by atoms with Gasteiger partial charge in [-0.3, -0.25) is 0 Å². The van der Waals surface area contributed by atoms with E-state index in [9.17, 15) is 0 Å². The molecular formula is C6H13NS. The second-order valence-electron chi connectivity index (χ2n) is 2.32. The molecule has 1 nitrogen and oxygen atoms in total. The van der Waals surface area contributed by atoms with Gasteiger partial charge in [-0.15, -0.1) is 0 Å². The Morgan fingerprint density at radius 3 is 2.25 bits per heavy atom. The highest BCUT2D eigenvalue weighted by molar-refractivity contribution is 8.14. The van der Waals surface area contributed by atoms with Crippen molar-refractivity contribution in [2.75, 3.05) is 31.6 Å². The first kappa shape index (κ1) is 6.30. The normalized spacial score (nSPS) is 26.1. The second kappa shape index (κ2) is 2.65. The highest BCUT2D eigenvalue weighted by atomic mass is 32.2. The highest BCUT2D eigenvalue weighted by Crippen LogP contribution is 2.13. The molecule has 1 heterocycles. The molecule has 0 aromatic rings. The van der Waals surface area contributed by atoms with Gasteiger partial charge in [-0.1, -0.05) is 5.87 Å². The Hall–Kier alpha value is 0.180. The van der Waals surface area contributed by atoms with Crippen LogP contribution in [0.25, 0.3) is 0 Å². The largest absolute Gasteiger partial charge is 0.305 e. The van der Waals surface area contributed by atoms with Gasteiger partial charge in [-0.05, 0) is 7.05 Å². The molecule has 1 aliphatic rings. The van der Waals surface area contributed by atoms with E-state index >= 15 is 0 Å². The summed E-state index contributed by atoms with van der Waals surface area (Å²) >= 11 is 0. The quantitative estimate of drug-likeness (QED) is 0.436. The molecule has 2 heteroatoms. The van der Waals surface area contributed by atoms with Gasteiger partial charge in [0.25, 0.3) is 0 Å². The van der Waals surface area contributed by atoms with E-state index in [1.165, 1.54) is 24.6 Å². The smallest absolute Gasteiger partial charge is 0.00649 e. The predicted octanol–water partition coefficient (Wildman–Crippen LogP) is 0.633. The van der Waals surface area contributed by atoms with Crippen molar-refractivity contribution in [1.82, 2.24) is 4.90 Å². The van der Waals surface area contributed by atoms with E-state index in [4.69, 9.17) is 0 Å². The SMILES string of the molecule is C=S1CCN(C)CC1. The monoisotopic (exact) mass is 131 g/mol. The zero-order valence-corrected chi connectivity index (χ0v) is 6.21. The van der Waals surface area contributed by atoms with E-state index in [0.29, 0.717) is 10.5 Å². The van der Waals surface area contributed by atoms with Gasteiger partial charge < -0.3 is 4.90 Å². The van der Waals surface area contributed by atoms with Crippen LogP contribution in [-0.4, -0.2) is 42.4 Å².